The van der Waals surface area contributed by atoms with Gasteiger partial charge in [-0.25, -0.2) is 0 Å². The number of hydrogen-bond donors (Lipinski definition) is 0. The summed E-state index contributed by atoms with van der Waals surface area (Å²) in [4.78, 5) is 4.67. The minimum Gasteiger partial charge on any atom is -0.379 e. The second kappa shape index (κ2) is 6.86. The SMILES string of the molecule is C[Si](C)(C)CCOCC1N=C(Br)c2cc(CBr)ccc21. The molecule has 0 fully saturated rings. The van der Waals surface area contributed by atoms with Crippen molar-refractivity contribution in [1.29, 1.82) is 0 Å². The van der Waals surface area contributed by atoms with Crippen LogP contribution in [0.5, 0.6) is 0 Å². The Labute approximate surface area is 139 Å². The van der Waals surface area contributed by atoms with Crippen LogP contribution in [-0.4, -0.2) is 25.9 Å². The van der Waals surface area contributed by atoms with E-state index >= 15 is 0 Å². The lowest BCUT2D eigenvalue weighted by Gasteiger charge is -2.16. The molecule has 5 heteroatoms. The summed E-state index contributed by atoms with van der Waals surface area (Å²) in [6, 6.07) is 7.88. The van der Waals surface area contributed by atoms with Gasteiger partial charge in [-0.3, -0.25) is 4.99 Å². The van der Waals surface area contributed by atoms with E-state index in [1.54, 1.807) is 0 Å². The van der Waals surface area contributed by atoms with Crippen LogP contribution in [0.4, 0.5) is 0 Å². The fourth-order valence-corrected chi connectivity index (χ4v) is 3.83. The number of rotatable bonds is 6. The third-order valence-electron chi connectivity index (χ3n) is 3.39. The van der Waals surface area contributed by atoms with Gasteiger partial charge in [0.25, 0.3) is 0 Å². The molecule has 0 radical (unpaired) electrons. The Morgan fingerprint density at radius 1 is 1.30 bits per heavy atom. The number of fused-ring (bicyclic) bond motifs is 1. The maximum atomic E-state index is 5.85. The Morgan fingerprint density at radius 3 is 2.70 bits per heavy atom. The molecule has 1 aromatic carbocycles. The van der Waals surface area contributed by atoms with Gasteiger partial charge < -0.3 is 4.74 Å². The van der Waals surface area contributed by atoms with Gasteiger partial charge in [-0.15, -0.1) is 0 Å². The molecule has 1 aliphatic rings. The van der Waals surface area contributed by atoms with E-state index in [0.29, 0.717) is 6.61 Å². The van der Waals surface area contributed by atoms with E-state index < -0.39 is 8.07 Å². The number of hydrogen-bond acceptors (Lipinski definition) is 2. The molecule has 0 spiro atoms. The molecule has 0 amide bonds. The lowest BCUT2D eigenvalue weighted by molar-refractivity contribution is 0.134. The Kier molecular flexibility index (Phi) is 5.62. The van der Waals surface area contributed by atoms with Crippen LogP contribution in [0.15, 0.2) is 23.2 Å². The Hall–Kier alpha value is 0.0269. The minimum absolute atomic E-state index is 0.144. The lowest BCUT2D eigenvalue weighted by Crippen LogP contribution is -2.22. The minimum atomic E-state index is -1.01. The third-order valence-corrected chi connectivity index (χ3v) is 6.38. The van der Waals surface area contributed by atoms with Gasteiger partial charge in [0.1, 0.15) is 10.7 Å². The molecule has 1 heterocycles. The highest BCUT2D eigenvalue weighted by atomic mass is 79.9. The molecule has 0 saturated carbocycles. The second-order valence-electron chi connectivity index (χ2n) is 6.38. The first kappa shape index (κ1) is 16.4. The van der Waals surface area contributed by atoms with Crippen LogP contribution in [0, 0.1) is 0 Å². The predicted octanol–water partition coefficient (Wildman–Crippen LogP) is 5.13. The fraction of sp³-hybridized carbons (Fsp3) is 0.533. The zero-order chi connectivity index (χ0) is 14.8. The van der Waals surface area contributed by atoms with Gasteiger partial charge in [0.05, 0.1) is 6.61 Å². The summed E-state index contributed by atoms with van der Waals surface area (Å²) in [5.74, 6) is 0. The molecular formula is C15H21Br2NOSi. The number of benzene rings is 1. The lowest BCUT2D eigenvalue weighted by atomic mass is 10.0. The quantitative estimate of drug-likeness (QED) is 0.356. The van der Waals surface area contributed by atoms with E-state index in [9.17, 15) is 0 Å². The highest BCUT2D eigenvalue weighted by Crippen LogP contribution is 2.33. The van der Waals surface area contributed by atoms with Crippen LogP contribution in [0.2, 0.25) is 25.7 Å². The Bertz CT molecular complexity index is 511. The molecule has 0 aromatic heterocycles. The van der Waals surface area contributed by atoms with Gasteiger partial charge in [-0.05, 0) is 39.2 Å². The summed E-state index contributed by atoms with van der Waals surface area (Å²) >= 11 is 7.06. The van der Waals surface area contributed by atoms with Crippen molar-refractivity contribution in [3.05, 3.63) is 34.9 Å². The molecule has 0 aliphatic carbocycles. The van der Waals surface area contributed by atoms with Crippen molar-refractivity contribution in [2.24, 2.45) is 4.99 Å². The molecule has 1 unspecified atom stereocenters. The second-order valence-corrected chi connectivity index (χ2v) is 13.3. The number of ether oxygens (including phenoxy) is 1. The monoisotopic (exact) mass is 417 g/mol. The molecule has 1 aliphatic heterocycles. The zero-order valence-corrected chi connectivity index (χ0v) is 16.4. The molecule has 2 nitrogen and oxygen atoms in total. The number of alkyl halides is 1. The summed E-state index contributed by atoms with van der Waals surface area (Å²) < 4.78 is 6.81. The van der Waals surface area contributed by atoms with Gasteiger partial charge in [0.15, 0.2) is 0 Å². The Morgan fingerprint density at radius 2 is 2.05 bits per heavy atom. The van der Waals surface area contributed by atoms with E-state index in [1.807, 2.05) is 0 Å². The number of halogens is 2. The maximum Gasteiger partial charge on any atom is 0.108 e. The average molecular weight is 419 g/mol. The number of nitrogens with zero attached hydrogens (tertiary/aromatic N) is 1. The molecule has 2 rings (SSSR count). The first-order chi connectivity index (χ1) is 9.40. The number of aliphatic imine (C=N–C) groups is 1. The standard InChI is InChI=1S/C15H21Br2NOSi/c1-20(2,3)7-6-19-10-14-12-5-4-11(9-16)8-13(12)15(17)18-14/h4-5,8,14H,6-7,9-10H2,1-3H3. The molecule has 1 atom stereocenters. The van der Waals surface area contributed by atoms with Crippen LogP contribution < -0.4 is 0 Å². The Balaban J connectivity index is 1.96. The first-order valence-electron chi connectivity index (χ1n) is 6.91. The van der Waals surface area contributed by atoms with Crippen molar-refractivity contribution in [3.8, 4) is 0 Å². The van der Waals surface area contributed by atoms with Crippen molar-refractivity contribution in [1.82, 2.24) is 0 Å². The molecule has 0 N–H and O–H groups in total. The molecule has 20 heavy (non-hydrogen) atoms. The van der Waals surface area contributed by atoms with Gasteiger partial charge in [-0.2, -0.15) is 0 Å². The molecule has 110 valence electrons. The normalized spacial score (nSPS) is 18.1. The summed E-state index contributed by atoms with van der Waals surface area (Å²) in [7, 11) is -1.01. The van der Waals surface area contributed by atoms with E-state index in [1.165, 1.54) is 22.7 Å². The fourth-order valence-electron chi connectivity index (χ4n) is 2.13. The maximum absolute atomic E-state index is 5.85. The summed E-state index contributed by atoms with van der Waals surface area (Å²) in [6.45, 7) is 8.65. The molecule has 0 bridgehead atoms. The summed E-state index contributed by atoms with van der Waals surface area (Å²) in [6.07, 6.45) is 0. The van der Waals surface area contributed by atoms with E-state index in [-0.39, 0.29) is 6.04 Å². The predicted molar refractivity (Wildman–Crippen MR) is 96.3 cm³/mol. The summed E-state index contributed by atoms with van der Waals surface area (Å²) in [5.41, 5.74) is 3.76. The highest BCUT2D eigenvalue weighted by molar-refractivity contribution is 9.18. The van der Waals surface area contributed by atoms with E-state index in [0.717, 1.165) is 16.6 Å². The largest absolute Gasteiger partial charge is 0.379 e. The van der Waals surface area contributed by atoms with Gasteiger partial charge in [-0.1, -0.05) is 47.7 Å². The van der Waals surface area contributed by atoms with Gasteiger partial charge >= 0.3 is 0 Å². The highest BCUT2D eigenvalue weighted by Gasteiger charge is 2.24. The third kappa shape index (κ3) is 4.26. The van der Waals surface area contributed by atoms with E-state index in [2.05, 4.69) is 74.7 Å². The summed E-state index contributed by atoms with van der Waals surface area (Å²) in [5, 5.41) is 0.873. The van der Waals surface area contributed by atoms with E-state index in [4.69, 9.17) is 4.74 Å². The van der Waals surface area contributed by atoms with Crippen LogP contribution in [0.3, 0.4) is 0 Å². The van der Waals surface area contributed by atoms with Crippen molar-refractivity contribution < 1.29 is 4.74 Å². The van der Waals surface area contributed by atoms with Crippen molar-refractivity contribution in [2.75, 3.05) is 13.2 Å². The van der Waals surface area contributed by atoms with Crippen LogP contribution >= 0.6 is 31.9 Å². The topological polar surface area (TPSA) is 21.6 Å². The van der Waals surface area contributed by atoms with Crippen LogP contribution in [0.1, 0.15) is 22.7 Å². The first-order valence-corrected chi connectivity index (χ1v) is 12.5. The van der Waals surface area contributed by atoms with Crippen molar-refractivity contribution >= 4 is 44.6 Å². The molecule has 1 aromatic rings. The van der Waals surface area contributed by atoms with Crippen molar-refractivity contribution in [3.63, 3.8) is 0 Å². The van der Waals surface area contributed by atoms with Crippen molar-refractivity contribution in [2.45, 2.75) is 37.1 Å². The van der Waals surface area contributed by atoms with Crippen LogP contribution in [0.25, 0.3) is 0 Å². The zero-order valence-electron chi connectivity index (χ0n) is 12.2. The van der Waals surface area contributed by atoms with Gasteiger partial charge in [0.2, 0.25) is 0 Å². The van der Waals surface area contributed by atoms with Crippen LogP contribution in [-0.2, 0) is 10.1 Å². The average Bonchev–Trinajstić information content (AvgIpc) is 2.70. The molecule has 0 saturated heterocycles. The van der Waals surface area contributed by atoms with Gasteiger partial charge in [0, 0.05) is 25.6 Å². The molecular weight excluding hydrogens is 398 g/mol. The smallest absolute Gasteiger partial charge is 0.108 e.